The molecule has 0 radical (unpaired) electrons. The third-order valence-corrected chi connectivity index (χ3v) is 2.78. The van der Waals surface area contributed by atoms with Crippen LogP contribution in [-0.2, 0) is 9.59 Å². The van der Waals surface area contributed by atoms with E-state index in [0.29, 0.717) is 25.1 Å². The van der Waals surface area contributed by atoms with Gasteiger partial charge in [0.2, 0.25) is 5.91 Å². The predicted octanol–water partition coefficient (Wildman–Crippen LogP) is 1.54. The number of nitrogens with zero attached hydrogens (tertiary/aromatic N) is 1. The normalized spacial score (nSPS) is 10.2. The Hall–Kier alpha value is -1.88. The molecule has 3 N–H and O–H groups in total. The highest BCUT2D eigenvalue weighted by Gasteiger charge is 2.18. The van der Waals surface area contributed by atoms with Crippen molar-refractivity contribution in [2.24, 2.45) is 5.73 Å². The molecule has 0 fully saturated rings. The van der Waals surface area contributed by atoms with Crippen molar-refractivity contribution in [1.29, 1.82) is 0 Å². The Kier molecular flexibility index (Phi) is 6.02. The molecule has 0 aromatic heterocycles. The molecule has 0 unspecified atom stereocenters. The van der Waals surface area contributed by atoms with Gasteiger partial charge in [-0.2, -0.15) is 0 Å². The molecule has 1 aromatic carbocycles. The number of carboxylic acid groups (broad SMARTS) is 1. The zero-order valence-corrected chi connectivity index (χ0v) is 11.1. The fraction of sp³-hybridized carbons (Fsp3) is 0.429. The minimum absolute atomic E-state index is 0.181. The van der Waals surface area contributed by atoms with Crippen LogP contribution in [0.15, 0.2) is 24.3 Å². The lowest BCUT2D eigenvalue weighted by Crippen LogP contribution is -2.35. The lowest BCUT2D eigenvalue weighted by atomic mass is 10.2. The summed E-state index contributed by atoms with van der Waals surface area (Å²) in [5.74, 6) is -1.20. The molecule has 0 aliphatic rings. The fourth-order valence-corrected chi connectivity index (χ4v) is 1.74. The maximum atomic E-state index is 12.1. The van der Waals surface area contributed by atoms with Gasteiger partial charge in [0.25, 0.3) is 0 Å². The SMILES string of the molecule is Cc1ccc(N(CC(=O)O)C(=O)CCCCN)cc1. The number of hydrogen-bond acceptors (Lipinski definition) is 3. The van der Waals surface area contributed by atoms with Crippen molar-refractivity contribution >= 4 is 17.6 Å². The molecule has 0 saturated heterocycles. The third kappa shape index (κ3) is 5.09. The number of anilines is 1. The van der Waals surface area contributed by atoms with Gasteiger partial charge in [-0.25, -0.2) is 0 Å². The van der Waals surface area contributed by atoms with Gasteiger partial charge < -0.3 is 15.7 Å². The van der Waals surface area contributed by atoms with Crippen LogP contribution in [0.25, 0.3) is 0 Å². The summed E-state index contributed by atoms with van der Waals surface area (Å²) < 4.78 is 0. The van der Waals surface area contributed by atoms with Crippen molar-refractivity contribution in [3.63, 3.8) is 0 Å². The average molecular weight is 264 g/mol. The van der Waals surface area contributed by atoms with Crippen molar-refractivity contribution in [2.45, 2.75) is 26.2 Å². The van der Waals surface area contributed by atoms with E-state index in [1.165, 1.54) is 4.90 Å². The summed E-state index contributed by atoms with van der Waals surface area (Å²) >= 11 is 0. The summed E-state index contributed by atoms with van der Waals surface area (Å²) in [6.45, 7) is 2.16. The van der Waals surface area contributed by atoms with E-state index in [4.69, 9.17) is 10.8 Å². The summed E-state index contributed by atoms with van der Waals surface area (Å²) in [6, 6.07) is 7.24. The van der Waals surface area contributed by atoms with Crippen LogP contribution in [0.1, 0.15) is 24.8 Å². The smallest absolute Gasteiger partial charge is 0.323 e. The van der Waals surface area contributed by atoms with E-state index in [1.807, 2.05) is 19.1 Å². The Morgan fingerprint density at radius 3 is 2.37 bits per heavy atom. The lowest BCUT2D eigenvalue weighted by molar-refractivity contribution is -0.136. The first-order chi connectivity index (χ1) is 9.04. The number of carbonyl (C=O) groups is 2. The fourth-order valence-electron chi connectivity index (χ4n) is 1.74. The molecule has 5 nitrogen and oxygen atoms in total. The Morgan fingerprint density at radius 1 is 1.21 bits per heavy atom. The van der Waals surface area contributed by atoms with Gasteiger partial charge in [-0.15, -0.1) is 0 Å². The van der Waals surface area contributed by atoms with Gasteiger partial charge in [0, 0.05) is 12.1 Å². The number of aryl methyl sites for hydroxylation is 1. The number of aliphatic carboxylic acids is 1. The van der Waals surface area contributed by atoms with Crippen LogP contribution in [-0.4, -0.2) is 30.1 Å². The van der Waals surface area contributed by atoms with Gasteiger partial charge in [0.15, 0.2) is 0 Å². The van der Waals surface area contributed by atoms with Crippen molar-refractivity contribution in [1.82, 2.24) is 0 Å². The molecule has 0 spiro atoms. The molecule has 0 heterocycles. The third-order valence-electron chi connectivity index (χ3n) is 2.78. The van der Waals surface area contributed by atoms with Crippen LogP contribution >= 0.6 is 0 Å². The molecule has 0 saturated carbocycles. The molecule has 1 rings (SSSR count). The standard InChI is InChI=1S/C14H20N2O3/c1-11-5-7-12(8-6-11)16(10-14(18)19)13(17)4-2-3-9-15/h5-8H,2-4,9-10,15H2,1H3,(H,18,19). The zero-order valence-electron chi connectivity index (χ0n) is 11.1. The molecule has 19 heavy (non-hydrogen) atoms. The molecule has 0 atom stereocenters. The van der Waals surface area contributed by atoms with Gasteiger partial charge >= 0.3 is 5.97 Å². The quantitative estimate of drug-likeness (QED) is 0.732. The van der Waals surface area contributed by atoms with E-state index in [2.05, 4.69) is 0 Å². The Bertz CT molecular complexity index is 429. The largest absolute Gasteiger partial charge is 0.480 e. The Balaban J connectivity index is 2.79. The van der Waals surface area contributed by atoms with E-state index in [1.54, 1.807) is 12.1 Å². The topological polar surface area (TPSA) is 83.6 Å². The predicted molar refractivity (Wildman–Crippen MR) is 74.1 cm³/mol. The monoisotopic (exact) mass is 264 g/mol. The van der Waals surface area contributed by atoms with Gasteiger partial charge in [-0.3, -0.25) is 9.59 Å². The number of rotatable bonds is 7. The highest BCUT2D eigenvalue weighted by Crippen LogP contribution is 2.16. The van der Waals surface area contributed by atoms with Gasteiger partial charge in [-0.1, -0.05) is 17.7 Å². The second kappa shape index (κ2) is 7.53. The van der Waals surface area contributed by atoms with Gasteiger partial charge in [0.05, 0.1) is 0 Å². The first kappa shape index (κ1) is 15.2. The van der Waals surface area contributed by atoms with Crippen LogP contribution < -0.4 is 10.6 Å². The van der Waals surface area contributed by atoms with Crippen molar-refractivity contribution in [3.8, 4) is 0 Å². The molecule has 0 aliphatic heterocycles. The lowest BCUT2D eigenvalue weighted by Gasteiger charge is -2.21. The molecule has 104 valence electrons. The van der Waals surface area contributed by atoms with Crippen LogP contribution in [0.2, 0.25) is 0 Å². The highest BCUT2D eigenvalue weighted by molar-refractivity contribution is 5.97. The maximum Gasteiger partial charge on any atom is 0.323 e. The van der Waals surface area contributed by atoms with E-state index < -0.39 is 5.97 Å². The molecule has 1 aromatic rings. The number of carboxylic acids is 1. The molecule has 0 aliphatic carbocycles. The van der Waals surface area contributed by atoms with E-state index in [9.17, 15) is 9.59 Å². The molecular weight excluding hydrogens is 244 g/mol. The first-order valence-corrected chi connectivity index (χ1v) is 6.33. The van der Waals surface area contributed by atoms with Crippen molar-refractivity contribution < 1.29 is 14.7 Å². The van der Waals surface area contributed by atoms with E-state index in [-0.39, 0.29) is 12.5 Å². The van der Waals surface area contributed by atoms with Gasteiger partial charge in [-0.05, 0) is 38.4 Å². The molecule has 0 bridgehead atoms. The number of hydrogen-bond donors (Lipinski definition) is 2. The molecular formula is C14H20N2O3. The van der Waals surface area contributed by atoms with Crippen LogP contribution in [0.3, 0.4) is 0 Å². The Morgan fingerprint density at radius 2 is 1.84 bits per heavy atom. The zero-order chi connectivity index (χ0) is 14.3. The summed E-state index contributed by atoms with van der Waals surface area (Å²) in [5, 5.41) is 8.91. The summed E-state index contributed by atoms with van der Waals surface area (Å²) in [5.41, 5.74) is 7.06. The minimum Gasteiger partial charge on any atom is -0.480 e. The summed E-state index contributed by atoms with van der Waals surface area (Å²) in [6.07, 6.45) is 1.76. The number of benzene rings is 1. The average Bonchev–Trinajstić information content (AvgIpc) is 2.37. The summed E-state index contributed by atoms with van der Waals surface area (Å²) in [7, 11) is 0. The van der Waals surface area contributed by atoms with E-state index >= 15 is 0 Å². The first-order valence-electron chi connectivity index (χ1n) is 6.33. The number of amides is 1. The maximum absolute atomic E-state index is 12.1. The van der Waals surface area contributed by atoms with Gasteiger partial charge in [0.1, 0.15) is 6.54 Å². The second-order valence-electron chi connectivity index (χ2n) is 4.45. The second-order valence-corrected chi connectivity index (χ2v) is 4.45. The number of carbonyl (C=O) groups excluding carboxylic acids is 1. The number of nitrogens with two attached hydrogens (primary N) is 1. The number of unbranched alkanes of at least 4 members (excludes halogenated alkanes) is 1. The van der Waals surface area contributed by atoms with Crippen LogP contribution in [0, 0.1) is 6.92 Å². The highest BCUT2D eigenvalue weighted by atomic mass is 16.4. The van der Waals surface area contributed by atoms with Crippen molar-refractivity contribution in [3.05, 3.63) is 29.8 Å². The molecule has 1 amide bonds. The van der Waals surface area contributed by atoms with Crippen LogP contribution in [0.4, 0.5) is 5.69 Å². The van der Waals surface area contributed by atoms with E-state index in [0.717, 1.165) is 12.0 Å². The summed E-state index contributed by atoms with van der Waals surface area (Å²) in [4.78, 5) is 24.2. The van der Waals surface area contributed by atoms with Crippen LogP contribution in [0.5, 0.6) is 0 Å². The molecule has 5 heteroatoms. The van der Waals surface area contributed by atoms with Crippen molar-refractivity contribution in [2.75, 3.05) is 18.0 Å². The minimum atomic E-state index is -1.02. The Labute approximate surface area is 113 Å².